The van der Waals surface area contributed by atoms with E-state index in [1.807, 2.05) is 6.07 Å². The first-order valence-corrected chi connectivity index (χ1v) is 6.72. The summed E-state index contributed by atoms with van der Waals surface area (Å²) in [5.41, 5.74) is 0.933. The number of carbonyl (C=O) groups is 1. The summed E-state index contributed by atoms with van der Waals surface area (Å²) in [7, 11) is 0. The van der Waals surface area contributed by atoms with Gasteiger partial charge in [0.1, 0.15) is 11.6 Å². The molecule has 98 valence electrons. The number of thioether (sulfide) groups is 1. The van der Waals surface area contributed by atoms with Crippen molar-refractivity contribution in [3.63, 3.8) is 0 Å². The van der Waals surface area contributed by atoms with E-state index in [0.29, 0.717) is 16.9 Å². The van der Waals surface area contributed by atoms with E-state index in [-0.39, 0.29) is 5.78 Å². The molecule has 1 nitrogen and oxygen atoms in total. The van der Waals surface area contributed by atoms with Gasteiger partial charge in [-0.05, 0) is 37.3 Å². The molecule has 0 atom stereocenters. The summed E-state index contributed by atoms with van der Waals surface area (Å²) in [6.07, 6.45) is 0. The highest BCUT2D eigenvalue weighted by molar-refractivity contribution is 7.98. The summed E-state index contributed by atoms with van der Waals surface area (Å²) < 4.78 is 26.5. The monoisotopic (exact) mass is 278 g/mol. The van der Waals surface area contributed by atoms with Crippen molar-refractivity contribution in [2.75, 3.05) is 0 Å². The maximum atomic E-state index is 13.4. The quantitative estimate of drug-likeness (QED) is 0.606. The molecular formula is C15H12F2OS. The van der Waals surface area contributed by atoms with Crippen molar-refractivity contribution in [1.82, 2.24) is 0 Å². The van der Waals surface area contributed by atoms with E-state index in [9.17, 15) is 13.6 Å². The van der Waals surface area contributed by atoms with Crippen LogP contribution in [0.25, 0.3) is 0 Å². The minimum Gasteiger partial charge on any atom is -0.295 e. The molecule has 0 aliphatic rings. The number of carbonyl (C=O) groups excluding carboxylic acids is 1. The highest BCUT2D eigenvalue weighted by atomic mass is 32.2. The fourth-order valence-electron chi connectivity index (χ4n) is 1.62. The van der Waals surface area contributed by atoms with Crippen LogP contribution in [-0.4, -0.2) is 5.78 Å². The van der Waals surface area contributed by atoms with Crippen LogP contribution in [0.1, 0.15) is 22.8 Å². The number of hydrogen-bond acceptors (Lipinski definition) is 2. The molecule has 2 aromatic rings. The Hall–Kier alpha value is -1.68. The van der Waals surface area contributed by atoms with Gasteiger partial charge in [0, 0.05) is 21.8 Å². The molecule has 0 bridgehead atoms. The maximum absolute atomic E-state index is 13.4. The maximum Gasteiger partial charge on any atom is 0.159 e. The number of benzene rings is 2. The van der Waals surface area contributed by atoms with Gasteiger partial charge in [0.05, 0.1) is 0 Å². The Balaban J connectivity index is 2.12. The zero-order valence-corrected chi connectivity index (χ0v) is 11.1. The highest BCUT2D eigenvalue weighted by Gasteiger charge is 2.06. The minimum atomic E-state index is -0.450. The summed E-state index contributed by atoms with van der Waals surface area (Å²) in [6, 6.07) is 10.5. The molecule has 19 heavy (non-hydrogen) atoms. The third-order valence-electron chi connectivity index (χ3n) is 2.64. The summed E-state index contributed by atoms with van der Waals surface area (Å²) in [4.78, 5) is 12.1. The Labute approximate surface area is 114 Å². The molecule has 0 unspecified atom stereocenters. The molecule has 0 N–H and O–H groups in total. The zero-order valence-electron chi connectivity index (χ0n) is 10.3. The Kier molecular flexibility index (Phi) is 4.32. The van der Waals surface area contributed by atoms with Crippen LogP contribution >= 0.6 is 11.8 Å². The van der Waals surface area contributed by atoms with Crippen LogP contribution in [0.3, 0.4) is 0 Å². The van der Waals surface area contributed by atoms with Gasteiger partial charge in [-0.1, -0.05) is 12.1 Å². The molecule has 0 aliphatic heterocycles. The summed E-state index contributed by atoms with van der Waals surface area (Å²) in [5, 5.41) is 0. The van der Waals surface area contributed by atoms with E-state index < -0.39 is 11.6 Å². The number of Topliss-reactive ketones (excluding diaryl/α,β-unsaturated/α-hetero) is 1. The van der Waals surface area contributed by atoms with Crippen LogP contribution in [-0.2, 0) is 5.75 Å². The third-order valence-corrected chi connectivity index (χ3v) is 3.69. The molecule has 0 radical (unpaired) electrons. The fraction of sp³-hybridized carbons (Fsp3) is 0.133. The molecule has 0 aromatic heterocycles. The summed E-state index contributed by atoms with van der Waals surface area (Å²) in [6.45, 7) is 1.50. The fourth-order valence-corrected chi connectivity index (χ4v) is 2.55. The lowest BCUT2D eigenvalue weighted by atomic mass is 10.2. The molecule has 4 heteroatoms. The molecule has 2 aromatic carbocycles. The number of rotatable bonds is 4. The lowest BCUT2D eigenvalue weighted by Crippen LogP contribution is -1.92. The Morgan fingerprint density at radius 2 is 1.95 bits per heavy atom. The van der Waals surface area contributed by atoms with E-state index in [4.69, 9.17) is 0 Å². The van der Waals surface area contributed by atoms with Crippen molar-refractivity contribution in [3.05, 3.63) is 65.2 Å². The molecule has 0 saturated carbocycles. The second-order valence-corrected chi connectivity index (χ2v) is 5.16. The average molecular weight is 278 g/mol. The molecule has 2 rings (SSSR count). The average Bonchev–Trinajstić information content (AvgIpc) is 2.40. The van der Waals surface area contributed by atoms with E-state index in [1.54, 1.807) is 18.2 Å². The predicted octanol–water partition coefficient (Wildman–Crippen LogP) is 4.46. The SMILES string of the molecule is CC(=O)c1cccc(SCc2cc(F)ccc2F)c1. The van der Waals surface area contributed by atoms with Gasteiger partial charge in [0.2, 0.25) is 0 Å². The molecule has 0 aliphatic carbocycles. The van der Waals surface area contributed by atoms with Gasteiger partial charge < -0.3 is 0 Å². The van der Waals surface area contributed by atoms with Crippen molar-refractivity contribution in [3.8, 4) is 0 Å². The Bertz CT molecular complexity index is 611. The topological polar surface area (TPSA) is 17.1 Å². The molecule has 0 spiro atoms. The van der Waals surface area contributed by atoms with Crippen LogP contribution in [0.4, 0.5) is 8.78 Å². The first-order valence-electron chi connectivity index (χ1n) is 5.74. The first kappa shape index (κ1) is 13.7. The second-order valence-electron chi connectivity index (χ2n) is 4.11. The Morgan fingerprint density at radius 1 is 1.16 bits per heavy atom. The zero-order chi connectivity index (χ0) is 13.8. The normalized spacial score (nSPS) is 10.5. The molecule has 0 amide bonds. The van der Waals surface area contributed by atoms with E-state index in [0.717, 1.165) is 17.0 Å². The number of hydrogen-bond donors (Lipinski definition) is 0. The van der Waals surface area contributed by atoms with Crippen molar-refractivity contribution < 1.29 is 13.6 Å². The molecular weight excluding hydrogens is 266 g/mol. The van der Waals surface area contributed by atoms with Crippen LogP contribution in [0, 0.1) is 11.6 Å². The van der Waals surface area contributed by atoms with Gasteiger partial charge in [-0.3, -0.25) is 4.79 Å². The molecule has 0 saturated heterocycles. The predicted molar refractivity (Wildman–Crippen MR) is 72.4 cm³/mol. The van der Waals surface area contributed by atoms with E-state index in [2.05, 4.69) is 0 Å². The lowest BCUT2D eigenvalue weighted by molar-refractivity contribution is 0.101. The van der Waals surface area contributed by atoms with Crippen LogP contribution in [0.15, 0.2) is 47.4 Å². The standard InChI is InChI=1S/C15H12F2OS/c1-10(18)11-3-2-4-14(8-11)19-9-12-7-13(16)5-6-15(12)17/h2-8H,9H2,1H3. The van der Waals surface area contributed by atoms with Gasteiger partial charge >= 0.3 is 0 Å². The smallest absolute Gasteiger partial charge is 0.159 e. The van der Waals surface area contributed by atoms with Gasteiger partial charge in [0.25, 0.3) is 0 Å². The van der Waals surface area contributed by atoms with Crippen molar-refractivity contribution >= 4 is 17.5 Å². The largest absolute Gasteiger partial charge is 0.295 e. The summed E-state index contributed by atoms with van der Waals surface area (Å²) >= 11 is 1.37. The van der Waals surface area contributed by atoms with E-state index in [1.165, 1.54) is 24.8 Å². The van der Waals surface area contributed by atoms with Crippen molar-refractivity contribution in [2.24, 2.45) is 0 Å². The lowest BCUT2D eigenvalue weighted by Gasteiger charge is -2.05. The van der Waals surface area contributed by atoms with Gasteiger partial charge in [0.15, 0.2) is 5.78 Å². The van der Waals surface area contributed by atoms with Gasteiger partial charge in [-0.25, -0.2) is 8.78 Å². The minimum absolute atomic E-state index is 0.0145. The van der Waals surface area contributed by atoms with Crippen molar-refractivity contribution in [2.45, 2.75) is 17.6 Å². The highest BCUT2D eigenvalue weighted by Crippen LogP contribution is 2.25. The second kappa shape index (κ2) is 5.97. The van der Waals surface area contributed by atoms with Gasteiger partial charge in [-0.2, -0.15) is 0 Å². The van der Waals surface area contributed by atoms with Crippen LogP contribution in [0.2, 0.25) is 0 Å². The first-order chi connectivity index (χ1) is 9.06. The van der Waals surface area contributed by atoms with Gasteiger partial charge in [-0.15, -0.1) is 11.8 Å². The number of halogens is 2. The third kappa shape index (κ3) is 3.64. The molecule has 0 fully saturated rings. The van der Waals surface area contributed by atoms with E-state index >= 15 is 0 Å². The van der Waals surface area contributed by atoms with Crippen LogP contribution < -0.4 is 0 Å². The number of ketones is 1. The van der Waals surface area contributed by atoms with Crippen molar-refractivity contribution in [1.29, 1.82) is 0 Å². The van der Waals surface area contributed by atoms with Crippen LogP contribution in [0.5, 0.6) is 0 Å². The summed E-state index contributed by atoms with van der Waals surface area (Å²) in [5.74, 6) is -0.559. The Morgan fingerprint density at radius 3 is 2.68 bits per heavy atom. The molecule has 0 heterocycles.